The molecule has 1 amide bonds. The van der Waals surface area contributed by atoms with Crippen molar-refractivity contribution in [3.63, 3.8) is 0 Å². The maximum Gasteiger partial charge on any atom is 0.251 e. The highest BCUT2D eigenvalue weighted by Crippen LogP contribution is 2.19. The van der Waals surface area contributed by atoms with Gasteiger partial charge in [-0.2, -0.15) is 0 Å². The molecule has 5 heteroatoms. The van der Waals surface area contributed by atoms with E-state index in [1.165, 1.54) is 12.1 Å². The molecule has 2 aromatic rings. The Hall–Kier alpha value is -2.56. The SMILES string of the molecule is O=C(c1ccc(F)c(F)c1)c1ccc2c(c1)C(=O)NCC2. The molecule has 0 radical (unpaired) electrons. The van der Waals surface area contributed by atoms with Crippen LogP contribution in [0.1, 0.15) is 31.8 Å². The lowest BCUT2D eigenvalue weighted by molar-refractivity contribution is 0.0946. The van der Waals surface area contributed by atoms with Gasteiger partial charge in [0.1, 0.15) is 0 Å². The van der Waals surface area contributed by atoms with E-state index < -0.39 is 17.4 Å². The molecule has 21 heavy (non-hydrogen) atoms. The Labute approximate surface area is 119 Å². The van der Waals surface area contributed by atoms with E-state index in [0.29, 0.717) is 18.5 Å². The fraction of sp³-hybridized carbons (Fsp3) is 0.125. The van der Waals surface area contributed by atoms with Crippen LogP contribution < -0.4 is 5.32 Å². The lowest BCUT2D eigenvalue weighted by atomic mass is 9.94. The molecule has 3 nitrogen and oxygen atoms in total. The van der Waals surface area contributed by atoms with Gasteiger partial charge in [0.15, 0.2) is 17.4 Å². The molecule has 0 unspecified atom stereocenters. The van der Waals surface area contributed by atoms with Crippen molar-refractivity contribution >= 4 is 11.7 Å². The van der Waals surface area contributed by atoms with Crippen molar-refractivity contribution in [3.05, 3.63) is 70.3 Å². The zero-order valence-electron chi connectivity index (χ0n) is 11.0. The van der Waals surface area contributed by atoms with Crippen LogP contribution >= 0.6 is 0 Å². The summed E-state index contributed by atoms with van der Waals surface area (Å²) in [6.45, 7) is 0.572. The summed E-state index contributed by atoms with van der Waals surface area (Å²) in [5.74, 6) is -2.75. The minimum absolute atomic E-state index is 0.0464. The molecule has 3 rings (SSSR count). The minimum atomic E-state index is -1.07. The van der Waals surface area contributed by atoms with E-state index in [2.05, 4.69) is 5.32 Å². The van der Waals surface area contributed by atoms with Crippen molar-refractivity contribution in [1.82, 2.24) is 5.32 Å². The van der Waals surface area contributed by atoms with Gasteiger partial charge in [-0.05, 0) is 36.2 Å². The quantitative estimate of drug-likeness (QED) is 0.863. The van der Waals surface area contributed by atoms with Crippen molar-refractivity contribution in [2.45, 2.75) is 6.42 Å². The number of fused-ring (bicyclic) bond motifs is 1. The molecule has 0 saturated heterocycles. The van der Waals surface area contributed by atoms with Crippen LogP contribution in [0.2, 0.25) is 0 Å². The first-order valence-corrected chi connectivity index (χ1v) is 6.47. The third-order valence-electron chi connectivity index (χ3n) is 3.48. The third kappa shape index (κ3) is 2.42. The Morgan fingerprint density at radius 3 is 2.48 bits per heavy atom. The summed E-state index contributed by atoms with van der Waals surface area (Å²) in [6.07, 6.45) is 0.709. The molecule has 2 aromatic carbocycles. The lowest BCUT2D eigenvalue weighted by Gasteiger charge is -2.16. The Kier molecular flexibility index (Phi) is 3.25. The largest absolute Gasteiger partial charge is 0.352 e. The van der Waals surface area contributed by atoms with Gasteiger partial charge in [-0.25, -0.2) is 8.78 Å². The summed E-state index contributed by atoms with van der Waals surface area (Å²) in [6, 6.07) is 7.81. The highest BCUT2D eigenvalue weighted by molar-refractivity contribution is 6.10. The average molecular weight is 287 g/mol. The predicted octanol–water partition coefficient (Wildman–Crippen LogP) is 2.48. The van der Waals surface area contributed by atoms with E-state index >= 15 is 0 Å². The Bertz CT molecular complexity index is 756. The van der Waals surface area contributed by atoms with Crippen LogP contribution in [0.15, 0.2) is 36.4 Å². The zero-order valence-corrected chi connectivity index (χ0v) is 11.0. The molecule has 0 aromatic heterocycles. The highest BCUT2D eigenvalue weighted by atomic mass is 19.2. The van der Waals surface area contributed by atoms with E-state index in [0.717, 1.165) is 17.7 Å². The van der Waals surface area contributed by atoms with E-state index in [-0.39, 0.29) is 17.0 Å². The number of halogens is 2. The molecule has 0 bridgehead atoms. The molecule has 106 valence electrons. The number of carbonyl (C=O) groups excluding carboxylic acids is 2. The van der Waals surface area contributed by atoms with Crippen LogP contribution in [0.5, 0.6) is 0 Å². The zero-order chi connectivity index (χ0) is 15.0. The summed E-state index contributed by atoms with van der Waals surface area (Å²) in [5, 5.41) is 2.70. The Balaban J connectivity index is 2.00. The first kappa shape index (κ1) is 13.4. The minimum Gasteiger partial charge on any atom is -0.352 e. The summed E-state index contributed by atoms with van der Waals surface area (Å²) in [4.78, 5) is 24.0. The number of benzene rings is 2. The highest BCUT2D eigenvalue weighted by Gasteiger charge is 2.19. The van der Waals surface area contributed by atoms with Gasteiger partial charge >= 0.3 is 0 Å². The molecule has 0 spiro atoms. The van der Waals surface area contributed by atoms with Gasteiger partial charge in [0.05, 0.1) is 0 Å². The number of hydrogen-bond donors (Lipinski definition) is 1. The lowest BCUT2D eigenvalue weighted by Crippen LogP contribution is -2.32. The van der Waals surface area contributed by atoms with Crippen molar-refractivity contribution in [1.29, 1.82) is 0 Å². The van der Waals surface area contributed by atoms with Gasteiger partial charge in [-0.3, -0.25) is 9.59 Å². The molecule has 0 fully saturated rings. The monoisotopic (exact) mass is 287 g/mol. The number of nitrogens with one attached hydrogen (secondary N) is 1. The first-order valence-electron chi connectivity index (χ1n) is 6.47. The summed E-state index contributed by atoms with van der Waals surface area (Å²) < 4.78 is 26.1. The fourth-order valence-corrected chi connectivity index (χ4v) is 2.36. The number of hydrogen-bond acceptors (Lipinski definition) is 2. The smallest absolute Gasteiger partial charge is 0.251 e. The van der Waals surface area contributed by atoms with Crippen molar-refractivity contribution in [3.8, 4) is 0 Å². The molecular formula is C16H11F2NO2. The first-order chi connectivity index (χ1) is 10.1. The molecule has 0 saturated carbocycles. The van der Waals surface area contributed by atoms with Gasteiger partial charge in [0.2, 0.25) is 0 Å². The van der Waals surface area contributed by atoms with Crippen molar-refractivity contribution in [2.75, 3.05) is 6.54 Å². The van der Waals surface area contributed by atoms with E-state index in [1.54, 1.807) is 12.1 Å². The van der Waals surface area contributed by atoms with Crippen LogP contribution in [0.25, 0.3) is 0 Å². The number of rotatable bonds is 2. The van der Waals surface area contributed by atoms with Crippen molar-refractivity contribution in [2.24, 2.45) is 0 Å². The molecule has 1 aliphatic rings. The van der Waals surface area contributed by atoms with E-state index in [9.17, 15) is 18.4 Å². The summed E-state index contributed by atoms with van der Waals surface area (Å²) in [5.41, 5.74) is 1.65. The van der Waals surface area contributed by atoms with E-state index in [1.807, 2.05) is 0 Å². The maximum absolute atomic E-state index is 13.2. The second kappa shape index (κ2) is 5.09. The number of amides is 1. The van der Waals surface area contributed by atoms with Gasteiger partial charge in [0.25, 0.3) is 5.91 Å². The molecule has 1 heterocycles. The molecule has 1 aliphatic heterocycles. The Morgan fingerprint density at radius 1 is 1.00 bits per heavy atom. The van der Waals surface area contributed by atoms with Crippen LogP contribution in [0.4, 0.5) is 8.78 Å². The van der Waals surface area contributed by atoms with Crippen LogP contribution in [0.3, 0.4) is 0 Å². The van der Waals surface area contributed by atoms with Crippen LogP contribution in [0, 0.1) is 11.6 Å². The molecule has 1 N–H and O–H groups in total. The number of carbonyl (C=O) groups is 2. The fourth-order valence-electron chi connectivity index (χ4n) is 2.36. The average Bonchev–Trinajstić information content (AvgIpc) is 2.49. The van der Waals surface area contributed by atoms with Gasteiger partial charge in [-0.15, -0.1) is 0 Å². The molecule has 0 aliphatic carbocycles. The second-order valence-corrected chi connectivity index (χ2v) is 4.84. The third-order valence-corrected chi connectivity index (χ3v) is 3.48. The van der Waals surface area contributed by atoms with E-state index in [4.69, 9.17) is 0 Å². The van der Waals surface area contributed by atoms with Gasteiger partial charge in [-0.1, -0.05) is 12.1 Å². The molecular weight excluding hydrogens is 276 g/mol. The van der Waals surface area contributed by atoms with Gasteiger partial charge < -0.3 is 5.32 Å². The molecule has 0 atom stereocenters. The Morgan fingerprint density at radius 2 is 1.71 bits per heavy atom. The van der Waals surface area contributed by atoms with Crippen LogP contribution in [-0.2, 0) is 6.42 Å². The summed E-state index contributed by atoms with van der Waals surface area (Å²) in [7, 11) is 0. The van der Waals surface area contributed by atoms with Crippen LogP contribution in [-0.4, -0.2) is 18.2 Å². The number of ketones is 1. The second-order valence-electron chi connectivity index (χ2n) is 4.84. The van der Waals surface area contributed by atoms with Crippen molar-refractivity contribution < 1.29 is 18.4 Å². The van der Waals surface area contributed by atoms with Gasteiger partial charge in [0, 0.05) is 23.2 Å². The predicted molar refractivity (Wildman–Crippen MR) is 72.3 cm³/mol. The maximum atomic E-state index is 13.2. The standard InChI is InChI=1S/C16H11F2NO2/c17-13-4-3-11(8-14(13)18)15(20)10-2-1-9-5-6-19-16(21)12(9)7-10/h1-4,7-8H,5-6H2,(H,19,21). The normalized spacial score (nSPS) is 13.5. The summed E-state index contributed by atoms with van der Waals surface area (Å²) >= 11 is 0. The topological polar surface area (TPSA) is 46.2 Å².